The Morgan fingerprint density at radius 3 is 1.98 bits per heavy atom. The highest BCUT2D eigenvalue weighted by Crippen LogP contribution is 2.64. The Labute approximate surface area is 317 Å². The molecule has 8 nitrogen and oxygen atoms in total. The van der Waals surface area contributed by atoms with E-state index in [0.29, 0.717) is 35.7 Å². The first-order valence-electron chi connectivity index (χ1n) is 19.1. The number of hydrogen-bond acceptors (Lipinski definition) is 7. The van der Waals surface area contributed by atoms with Gasteiger partial charge in [0.25, 0.3) is 0 Å². The van der Waals surface area contributed by atoms with E-state index in [2.05, 4.69) is 80.4 Å². The van der Waals surface area contributed by atoms with Gasteiger partial charge in [-0.2, -0.15) is 0 Å². The largest absolute Gasteiger partial charge is 0.478 e. The quantitative estimate of drug-likeness (QED) is 0.154. The van der Waals surface area contributed by atoms with Crippen LogP contribution in [0.5, 0.6) is 0 Å². The number of ether oxygens (including phenoxy) is 1. The Morgan fingerprint density at radius 1 is 0.830 bits per heavy atom. The minimum atomic E-state index is -1.26. The maximum atomic E-state index is 12.4. The summed E-state index contributed by atoms with van der Waals surface area (Å²) in [6.07, 6.45) is 14.3. The van der Waals surface area contributed by atoms with Crippen molar-refractivity contribution in [2.75, 3.05) is 20.1 Å². The van der Waals surface area contributed by atoms with Crippen LogP contribution in [0.1, 0.15) is 96.1 Å². The summed E-state index contributed by atoms with van der Waals surface area (Å²) in [4.78, 5) is 48.1. The van der Waals surface area contributed by atoms with Crippen LogP contribution in [0.15, 0.2) is 87.7 Å². The van der Waals surface area contributed by atoms with Crippen molar-refractivity contribution in [1.82, 2.24) is 4.90 Å². The van der Waals surface area contributed by atoms with E-state index in [1.165, 1.54) is 71.3 Å². The highest BCUT2D eigenvalue weighted by atomic mass is 32.2. The van der Waals surface area contributed by atoms with Gasteiger partial charge in [0.2, 0.25) is 0 Å². The molecule has 0 aromatic heterocycles. The number of carboxylic acid groups (broad SMARTS) is 2. The number of esters is 1. The van der Waals surface area contributed by atoms with E-state index in [-0.39, 0.29) is 22.9 Å². The maximum Gasteiger partial charge on any atom is 0.328 e. The number of ketones is 1. The summed E-state index contributed by atoms with van der Waals surface area (Å²) in [6, 6.07) is 17.7. The van der Waals surface area contributed by atoms with Crippen LogP contribution in [0.4, 0.5) is 0 Å². The van der Waals surface area contributed by atoms with Gasteiger partial charge in [-0.05, 0) is 110 Å². The molecule has 8 rings (SSSR count). The van der Waals surface area contributed by atoms with Crippen LogP contribution < -0.4 is 0 Å². The number of piperidine rings is 1. The summed E-state index contributed by atoms with van der Waals surface area (Å²) in [5.41, 5.74) is 7.74. The molecule has 282 valence electrons. The number of fused-ring (bicyclic) bond motifs is 7. The number of carbonyl (C=O) groups excluding carboxylic acids is 2. The monoisotopic (exact) mass is 739 g/mol. The number of nitrogens with zero attached hydrogens (tertiary/aromatic N) is 1. The van der Waals surface area contributed by atoms with Gasteiger partial charge in [-0.1, -0.05) is 79.2 Å². The summed E-state index contributed by atoms with van der Waals surface area (Å²) in [6.45, 7) is 8.55. The van der Waals surface area contributed by atoms with Gasteiger partial charge in [-0.15, -0.1) is 0 Å². The van der Waals surface area contributed by atoms with E-state index < -0.39 is 11.9 Å². The maximum absolute atomic E-state index is 12.4. The minimum Gasteiger partial charge on any atom is -0.478 e. The molecule has 0 amide bonds. The van der Waals surface area contributed by atoms with Gasteiger partial charge >= 0.3 is 17.9 Å². The van der Waals surface area contributed by atoms with Crippen LogP contribution >= 0.6 is 11.8 Å². The topological polar surface area (TPSA) is 121 Å². The van der Waals surface area contributed by atoms with Crippen LogP contribution in [-0.2, 0) is 23.9 Å². The zero-order chi connectivity index (χ0) is 37.9. The number of likely N-dealkylation sites (tertiary alicyclic amines) is 1. The molecule has 2 N–H and O–H groups in total. The second-order valence-corrected chi connectivity index (χ2v) is 17.1. The van der Waals surface area contributed by atoms with Crippen molar-refractivity contribution in [2.45, 2.75) is 101 Å². The van der Waals surface area contributed by atoms with Crippen LogP contribution in [0.25, 0.3) is 5.57 Å². The second kappa shape index (κ2) is 16.2. The Hall–Kier alpha value is -3.95. The molecule has 4 aliphatic carbocycles. The molecule has 4 fully saturated rings. The van der Waals surface area contributed by atoms with E-state index in [1.54, 1.807) is 5.57 Å². The predicted octanol–water partition coefficient (Wildman–Crippen LogP) is 8.84. The average molecular weight is 740 g/mol. The number of Topliss-reactive ketones (excluding diaryl/α,β-unsaturated/α-hetero) is 1. The zero-order valence-electron chi connectivity index (χ0n) is 31.4. The molecule has 2 aromatic carbocycles. The first-order valence-corrected chi connectivity index (χ1v) is 19.9. The van der Waals surface area contributed by atoms with Crippen LogP contribution in [-0.4, -0.2) is 65.0 Å². The lowest BCUT2D eigenvalue weighted by Gasteiger charge is -2.56. The van der Waals surface area contributed by atoms with Crippen molar-refractivity contribution in [3.8, 4) is 0 Å². The molecule has 3 saturated carbocycles. The van der Waals surface area contributed by atoms with Crippen molar-refractivity contribution in [1.29, 1.82) is 0 Å². The smallest absolute Gasteiger partial charge is 0.328 e. The Kier molecular flexibility index (Phi) is 11.8. The molecule has 0 radical (unpaired) electrons. The average Bonchev–Trinajstić information content (AvgIpc) is 3.44. The molecule has 6 unspecified atom stereocenters. The van der Waals surface area contributed by atoms with Gasteiger partial charge in [0.05, 0.1) is 0 Å². The van der Waals surface area contributed by atoms with E-state index >= 15 is 0 Å². The molecule has 0 spiro atoms. The number of allylic oxidation sites excluding steroid dienone is 1. The number of aliphatic carboxylic acids is 2. The fourth-order valence-corrected chi connectivity index (χ4v) is 11.3. The molecular weight excluding hydrogens is 687 g/mol. The van der Waals surface area contributed by atoms with Crippen molar-refractivity contribution in [2.24, 2.45) is 28.6 Å². The molecule has 2 aromatic rings. The number of hydrogen-bond donors (Lipinski definition) is 2. The Bertz CT molecular complexity index is 1770. The fraction of sp³-hybridized carbons (Fsp3) is 0.500. The third kappa shape index (κ3) is 8.26. The molecule has 0 bridgehead atoms. The van der Waals surface area contributed by atoms with Crippen LogP contribution in [0, 0.1) is 28.6 Å². The van der Waals surface area contributed by atoms with Gasteiger partial charge in [-0.3, -0.25) is 9.59 Å². The molecule has 53 heavy (non-hydrogen) atoms. The zero-order valence-corrected chi connectivity index (χ0v) is 32.3. The highest BCUT2D eigenvalue weighted by molar-refractivity contribution is 7.99. The summed E-state index contributed by atoms with van der Waals surface area (Å²) < 4.78 is 5.50. The minimum absolute atomic E-state index is 0.0438. The lowest BCUT2D eigenvalue weighted by molar-refractivity contribution is -0.148. The van der Waals surface area contributed by atoms with Gasteiger partial charge in [0, 0.05) is 60.2 Å². The van der Waals surface area contributed by atoms with E-state index in [9.17, 15) is 19.2 Å². The molecule has 2 aliphatic heterocycles. The normalized spacial score (nSPS) is 30.1. The molecule has 1 saturated heterocycles. The van der Waals surface area contributed by atoms with Crippen molar-refractivity contribution < 1.29 is 34.1 Å². The summed E-state index contributed by atoms with van der Waals surface area (Å²) in [7, 11) is 2.22. The summed E-state index contributed by atoms with van der Waals surface area (Å²) in [5.74, 6) is -0.182. The van der Waals surface area contributed by atoms with Gasteiger partial charge in [-0.25, -0.2) is 9.59 Å². The first-order chi connectivity index (χ1) is 25.3. The second-order valence-electron chi connectivity index (χ2n) is 16.0. The SMILES string of the molecule is CC(=O)OC1CCC2(C)C(=CCC3C4CCC(=O)C4(C)CCC32)C1.CN1CCC(=C2c3ccccc3Sc3ccccc32)CC1.O=C(O)C=CC(=O)O. The molecule has 9 heteroatoms. The molecule has 2 heterocycles. The number of rotatable bonds is 3. The summed E-state index contributed by atoms with van der Waals surface area (Å²) in [5, 5.41) is 15.6. The molecular formula is C44H53NO7S. The number of carbonyl (C=O) groups is 4. The molecule has 6 atom stereocenters. The third-order valence-corrected chi connectivity index (χ3v) is 14.1. The van der Waals surface area contributed by atoms with Gasteiger partial charge < -0.3 is 19.8 Å². The lowest BCUT2D eigenvalue weighted by atomic mass is 9.48. The lowest BCUT2D eigenvalue weighted by Crippen LogP contribution is -2.50. The van der Waals surface area contributed by atoms with E-state index in [0.717, 1.165) is 44.9 Å². The first kappa shape index (κ1) is 38.8. The predicted molar refractivity (Wildman–Crippen MR) is 206 cm³/mol. The van der Waals surface area contributed by atoms with Crippen LogP contribution in [0.3, 0.4) is 0 Å². The van der Waals surface area contributed by atoms with Crippen molar-refractivity contribution in [3.63, 3.8) is 0 Å². The fourth-order valence-electron chi connectivity index (χ4n) is 10.2. The highest BCUT2D eigenvalue weighted by Gasteiger charge is 2.58. The third-order valence-electron chi connectivity index (χ3n) is 12.9. The van der Waals surface area contributed by atoms with Gasteiger partial charge in [0.15, 0.2) is 0 Å². The van der Waals surface area contributed by atoms with Gasteiger partial charge in [0.1, 0.15) is 11.9 Å². The molecule has 6 aliphatic rings. The Morgan fingerprint density at radius 2 is 1.40 bits per heavy atom. The van der Waals surface area contributed by atoms with Crippen molar-refractivity contribution >= 4 is 41.0 Å². The standard InChI is InChI=1S/C21H30O3.C19H19NS.C4H4O4/c1-13(22)24-15-8-10-20(2)14(12-15)4-5-16-17-6-7-19(23)21(17,3)11-9-18(16)20;1-20-12-10-14(11-13-20)19-15-6-2-4-8-17(15)21-18-9-5-3-7-16(18)19;5-3(6)1-2-4(7)8/h4,15-18H,5-12H2,1-3H3;2-9H,10-13H2,1H3;1-2H,(H,5,6)(H,7,8). The number of benzene rings is 2. The number of carboxylic acids is 2. The van der Waals surface area contributed by atoms with Crippen LogP contribution in [0.2, 0.25) is 0 Å². The van der Waals surface area contributed by atoms with E-state index in [1.807, 2.05) is 11.8 Å². The summed E-state index contributed by atoms with van der Waals surface area (Å²) >= 11 is 1.91. The van der Waals surface area contributed by atoms with Crippen molar-refractivity contribution in [3.05, 3.63) is 89.0 Å². The van der Waals surface area contributed by atoms with E-state index in [4.69, 9.17) is 14.9 Å². The Balaban J connectivity index is 0.000000152.